The molecule has 112 valence electrons. The minimum atomic E-state index is -0.505. The lowest BCUT2D eigenvalue weighted by Gasteiger charge is -2.37. The molecule has 1 aromatic rings. The average Bonchev–Trinajstić information content (AvgIpc) is 2.78. The van der Waals surface area contributed by atoms with E-state index in [0.29, 0.717) is 17.6 Å². The van der Waals surface area contributed by atoms with Gasteiger partial charge in [0.25, 0.3) is 0 Å². The summed E-state index contributed by atoms with van der Waals surface area (Å²) in [5.74, 6) is 1.68. The Morgan fingerprint density at radius 2 is 2.20 bits per heavy atom. The number of aryl methyl sites for hydroxylation is 1. The van der Waals surface area contributed by atoms with Crippen molar-refractivity contribution in [2.24, 2.45) is 5.92 Å². The molecular weight excluding hydrogens is 301 g/mol. The van der Waals surface area contributed by atoms with Crippen LogP contribution in [-0.2, 0) is 4.74 Å². The Kier molecular flexibility index (Phi) is 3.97. The van der Waals surface area contributed by atoms with Crippen LogP contribution in [0.5, 0.6) is 0 Å². The van der Waals surface area contributed by atoms with Crippen LogP contribution >= 0.6 is 23.2 Å². The van der Waals surface area contributed by atoms with Crippen molar-refractivity contribution in [2.45, 2.75) is 43.2 Å². The second-order valence-corrected chi connectivity index (χ2v) is 7.23. The number of morpholine rings is 1. The molecule has 0 amide bonds. The molecule has 1 aromatic heterocycles. The van der Waals surface area contributed by atoms with Gasteiger partial charge in [0.1, 0.15) is 10.4 Å². The molecule has 2 heterocycles. The van der Waals surface area contributed by atoms with Crippen LogP contribution in [0.3, 0.4) is 0 Å². The van der Waals surface area contributed by atoms with E-state index in [1.807, 2.05) is 13.8 Å². The summed E-state index contributed by atoms with van der Waals surface area (Å²) >= 11 is 12.2. The maximum Gasteiger partial charge on any atom is 0.246 e. The number of ether oxygens (including phenoxy) is 1. The average molecular weight is 320 g/mol. The number of hydrogen-bond donors (Lipinski definition) is 0. The Labute approximate surface area is 128 Å². The number of aromatic nitrogens is 2. The predicted octanol–water partition coefficient (Wildman–Crippen LogP) is 2.72. The SMILES string of the molecule is Cc1noc([C@@H]2[C@@H](C)OCCN2CC[C@H]2CC2(Cl)Cl)n1. The highest BCUT2D eigenvalue weighted by Gasteiger charge is 2.51. The second-order valence-electron chi connectivity index (χ2n) is 5.69. The third-order valence-electron chi connectivity index (χ3n) is 4.11. The van der Waals surface area contributed by atoms with Gasteiger partial charge in [0.05, 0.1) is 12.7 Å². The van der Waals surface area contributed by atoms with Crippen LogP contribution in [0, 0.1) is 12.8 Å². The molecule has 0 aromatic carbocycles. The van der Waals surface area contributed by atoms with Crippen molar-refractivity contribution < 1.29 is 9.26 Å². The van der Waals surface area contributed by atoms with Gasteiger partial charge in [0.2, 0.25) is 5.89 Å². The maximum atomic E-state index is 6.09. The number of halogens is 2. The molecule has 5 nitrogen and oxygen atoms in total. The van der Waals surface area contributed by atoms with Gasteiger partial charge in [0.15, 0.2) is 5.82 Å². The van der Waals surface area contributed by atoms with E-state index in [1.54, 1.807) is 0 Å². The van der Waals surface area contributed by atoms with Gasteiger partial charge in [0, 0.05) is 6.54 Å². The number of rotatable bonds is 4. The van der Waals surface area contributed by atoms with E-state index in [4.69, 9.17) is 32.5 Å². The normalized spacial score (nSPS) is 33.3. The van der Waals surface area contributed by atoms with Gasteiger partial charge in [-0.05, 0) is 39.2 Å². The second kappa shape index (κ2) is 5.44. The zero-order valence-corrected chi connectivity index (χ0v) is 13.2. The van der Waals surface area contributed by atoms with Crippen molar-refractivity contribution in [3.05, 3.63) is 11.7 Å². The Bertz CT molecular complexity index is 480. The lowest BCUT2D eigenvalue weighted by molar-refractivity contribution is -0.0734. The molecule has 0 unspecified atom stereocenters. The van der Waals surface area contributed by atoms with Crippen molar-refractivity contribution in [3.8, 4) is 0 Å². The summed E-state index contributed by atoms with van der Waals surface area (Å²) in [5, 5.41) is 3.88. The molecule has 3 atom stereocenters. The first-order chi connectivity index (χ1) is 9.47. The standard InChI is InChI=1S/C13H19Cl2N3O2/c1-8-11(12-16-9(2)17-20-12)18(5-6-19-8)4-3-10-7-13(10,14)15/h8,10-11H,3-7H2,1-2H3/t8-,10+,11+/m1/s1. The van der Waals surface area contributed by atoms with Gasteiger partial charge >= 0.3 is 0 Å². The zero-order valence-electron chi connectivity index (χ0n) is 11.7. The summed E-state index contributed by atoms with van der Waals surface area (Å²) in [5.41, 5.74) is 0. The molecule has 0 spiro atoms. The summed E-state index contributed by atoms with van der Waals surface area (Å²) in [7, 11) is 0. The van der Waals surface area contributed by atoms with E-state index in [9.17, 15) is 0 Å². The lowest BCUT2D eigenvalue weighted by Crippen LogP contribution is -2.44. The minimum absolute atomic E-state index is 0.0174. The summed E-state index contributed by atoms with van der Waals surface area (Å²) in [4.78, 5) is 6.69. The molecule has 0 radical (unpaired) electrons. The summed E-state index contributed by atoms with van der Waals surface area (Å²) in [6.45, 7) is 6.38. The van der Waals surface area contributed by atoms with Crippen LogP contribution in [0.15, 0.2) is 4.52 Å². The maximum absolute atomic E-state index is 6.09. The molecular formula is C13H19Cl2N3O2. The van der Waals surface area contributed by atoms with Crippen LogP contribution in [0.2, 0.25) is 0 Å². The topological polar surface area (TPSA) is 51.4 Å². The molecule has 0 bridgehead atoms. The molecule has 1 saturated carbocycles. The number of hydrogen-bond acceptors (Lipinski definition) is 5. The van der Waals surface area contributed by atoms with Crippen LogP contribution in [0.1, 0.15) is 37.5 Å². The third-order valence-corrected chi connectivity index (χ3v) is 5.04. The quantitative estimate of drug-likeness (QED) is 0.799. The first kappa shape index (κ1) is 14.6. The molecule has 7 heteroatoms. The fraction of sp³-hybridized carbons (Fsp3) is 0.846. The first-order valence-electron chi connectivity index (χ1n) is 7.01. The summed E-state index contributed by atoms with van der Waals surface area (Å²) in [6, 6.07) is 0.0174. The molecule has 20 heavy (non-hydrogen) atoms. The first-order valence-corrected chi connectivity index (χ1v) is 7.76. The van der Waals surface area contributed by atoms with Crippen molar-refractivity contribution >= 4 is 23.2 Å². The molecule has 2 aliphatic rings. The molecule has 2 fully saturated rings. The Hall–Kier alpha value is -0.360. The smallest absolute Gasteiger partial charge is 0.246 e. The fourth-order valence-electron chi connectivity index (χ4n) is 2.83. The number of nitrogens with zero attached hydrogens (tertiary/aromatic N) is 3. The number of alkyl halides is 2. The highest BCUT2D eigenvalue weighted by Crippen LogP contribution is 2.55. The van der Waals surface area contributed by atoms with Gasteiger partial charge < -0.3 is 9.26 Å². The van der Waals surface area contributed by atoms with Gasteiger partial charge in [-0.2, -0.15) is 4.98 Å². The van der Waals surface area contributed by atoms with E-state index in [2.05, 4.69) is 15.0 Å². The van der Waals surface area contributed by atoms with Crippen LogP contribution in [-0.4, -0.2) is 45.2 Å². The van der Waals surface area contributed by atoms with E-state index < -0.39 is 4.33 Å². The van der Waals surface area contributed by atoms with Crippen LogP contribution < -0.4 is 0 Å². The fourth-order valence-corrected chi connectivity index (χ4v) is 3.42. The molecule has 1 aliphatic heterocycles. The van der Waals surface area contributed by atoms with Crippen molar-refractivity contribution in [1.29, 1.82) is 0 Å². The monoisotopic (exact) mass is 319 g/mol. The van der Waals surface area contributed by atoms with Crippen LogP contribution in [0.4, 0.5) is 0 Å². The van der Waals surface area contributed by atoms with Gasteiger partial charge in [-0.1, -0.05) is 5.16 Å². The van der Waals surface area contributed by atoms with Crippen molar-refractivity contribution in [2.75, 3.05) is 19.7 Å². The third kappa shape index (κ3) is 2.96. The molecule has 1 saturated heterocycles. The molecule has 0 N–H and O–H groups in total. The lowest BCUT2D eigenvalue weighted by atomic mass is 10.1. The summed E-state index contributed by atoms with van der Waals surface area (Å²) < 4.78 is 10.6. The van der Waals surface area contributed by atoms with E-state index in [1.165, 1.54) is 0 Å². The van der Waals surface area contributed by atoms with Crippen molar-refractivity contribution in [1.82, 2.24) is 15.0 Å². The highest BCUT2D eigenvalue weighted by atomic mass is 35.5. The highest BCUT2D eigenvalue weighted by molar-refractivity contribution is 6.50. The van der Waals surface area contributed by atoms with E-state index in [0.717, 1.165) is 32.5 Å². The summed E-state index contributed by atoms with van der Waals surface area (Å²) in [6.07, 6.45) is 1.92. The van der Waals surface area contributed by atoms with Crippen LogP contribution in [0.25, 0.3) is 0 Å². The van der Waals surface area contributed by atoms with Gasteiger partial charge in [-0.3, -0.25) is 4.90 Å². The van der Waals surface area contributed by atoms with Gasteiger partial charge in [-0.25, -0.2) is 0 Å². The zero-order chi connectivity index (χ0) is 14.3. The minimum Gasteiger partial charge on any atom is -0.375 e. The molecule has 3 rings (SSSR count). The Balaban J connectivity index is 1.67. The molecule has 1 aliphatic carbocycles. The van der Waals surface area contributed by atoms with E-state index >= 15 is 0 Å². The Morgan fingerprint density at radius 1 is 1.45 bits per heavy atom. The van der Waals surface area contributed by atoms with E-state index in [-0.39, 0.29) is 12.1 Å². The predicted molar refractivity (Wildman–Crippen MR) is 75.9 cm³/mol. The largest absolute Gasteiger partial charge is 0.375 e. The van der Waals surface area contributed by atoms with Gasteiger partial charge in [-0.15, -0.1) is 23.2 Å². The van der Waals surface area contributed by atoms with Crippen molar-refractivity contribution in [3.63, 3.8) is 0 Å². The Morgan fingerprint density at radius 3 is 2.80 bits per heavy atom.